The second-order valence-corrected chi connectivity index (χ2v) is 5.69. The van der Waals surface area contributed by atoms with Crippen LogP contribution in [0.5, 0.6) is 0 Å². The van der Waals surface area contributed by atoms with Crippen molar-refractivity contribution in [2.45, 2.75) is 38.0 Å². The third-order valence-electron chi connectivity index (χ3n) is 4.30. The lowest BCUT2D eigenvalue weighted by Crippen LogP contribution is -2.04. The van der Waals surface area contributed by atoms with Gasteiger partial charge in [-0.15, -0.1) is 0 Å². The summed E-state index contributed by atoms with van der Waals surface area (Å²) >= 11 is 0. The minimum absolute atomic E-state index is 0.0811. The molecule has 21 heavy (non-hydrogen) atoms. The quantitative estimate of drug-likeness (QED) is 0.901. The standard InChI is InChI=1S/C18H19NO2/c20-18(21)17-11-10-16(12-19-17)15-8-6-14(7-9-15)13-4-2-1-3-5-13/h6-13H,1-5H2,(H,20,21). The van der Waals surface area contributed by atoms with Crippen LogP contribution in [0, 0.1) is 0 Å². The Morgan fingerprint density at radius 1 is 0.952 bits per heavy atom. The average molecular weight is 281 g/mol. The van der Waals surface area contributed by atoms with E-state index in [1.165, 1.54) is 37.7 Å². The van der Waals surface area contributed by atoms with Gasteiger partial charge in [-0.25, -0.2) is 9.78 Å². The van der Waals surface area contributed by atoms with Crippen molar-refractivity contribution in [3.8, 4) is 11.1 Å². The fourth-order valence-electron chi connectivity index (χ4n) is 3.07. The fourth-order valence-corrected chi connectivity index (χ4v) is 3.07. The normalized spacial score (nSPS) is 15.8. The third-order valence-corrected chi connectivity index (χ3v) is 4.30. The zero-order chi connectivity index (χ0) is 14.7. The number of hydrogen-bond donors (Lipinski definition) is 1. The summed E-state index contributed by atoms with van der Waals surface area (Å²) in [4.78, 5) is 14.8. The van der Waals surface area contributed by atoms with E-state index in [2.05, 4.69) is 29.2 Å². The summed E-state index contributed by atoms with van der Waals surface area (Å²) in [5.74, 6) is -0.283. The van der Waals surface area contributed by atoms with Crippen molar-refractivity contribution in [2.24, 2.45) is 0 Å². The Bertz CT molecular complexity index is 611. The number of carboxylic acids is 1. The van der Waals surface area contributed by atoms with Crippen LogP contribution >= 0.6 is 0 Å². The van der Waals surface area contributed by atoms with Gasteiger partial charge in [0, 0.05) is 11.8 Å². The molecule has 0 spiro atoms. The van der Waals surface area contributed by atoms with Crippen LogP contribution in [0.3, 0.4) is 0 Å². The maximum atomic E-state index is 10.8. The van der Waals surface area contributed by atoms with Crippen molar-refractivity contribution < 1.29 is 9.90 Å². The first-order valence-electron chi connectivity index (χ1n) is 7.54. The Morgan fingerprint density at radius 2 is 1.62 bits per heavy atom. The lowest BCUT2D eigenvalue weighted by atomic mass is 9.84. The van der Waals surface area contributed by atoms with Crippen LogP contribution in [0.25, 0.3) is 11.1 Å². The molecule has 1 saturated carbocycles. The van der Waals surface area contributed by atoms with Crippen molar-refractivity contribution in [3.05, 3.63) is 53.9 Å². The van der Waals surface area contributed by atoms with Gasteiger partial charge in [-0.05, 0) is 36.0 Å². The monoisotopic (exact) mass is 281 g/mol. The molecular formula is C18H19NO2. The van der Waals surface area contributed by atoms with Gasteiger partial charge in [0.2, 0.25) is 0 Å². The average Bonchev–Trinajstić information content (AvgIpc) is 2.56. The zero-order valence-corrected chi connectivity index (χ0v) is 12.0. The van der Waals surface area contributed by atoms with Gasteiger partial charge in [0.15, 0.2) is 0 Å². The molecule has 0 saturated heterocycles. The number of carboxylic acid groups (broad SMARTS) is 1. The van der Waals surface area contributed by atoms with Crippen molar-refractivity contribution in [2.75, 3.05) is 0 Å². The summed E-state index contributed by atoms with van der Waals surface area (Å²) in [6.45, 7) is 0. The highest BCUT2D eigenvalue weighted by atomic mass is 16.4. The Kier molecular flexibility index (Phi) is 4.00. The molecule has 3 rings (SSSR count). The predicted molar refractivity (Wildman–Crippen MR) is 82.5 cm³/mol. The zero-order valence-electron chi connectivity index (χ0n) is 12.0. The van der Waals surface area contributed by atoms with E-state index >= 15 is 0 Å². The Hall–Kier alpha value is -2.16. The molecule has 1 aliphatic carbocycles. The van der Waals surface area contributed by atoms with E-state index in [-0.39, 0.29) is 5.69 Å². The van der Waals surface area contributed by atoms with Crippen LogP contribution in [-0.2, 0) is 0 Å². The molecule has 2 aromatic rings. The van der Waals surface area contributed by atoms with Gasteiger partial charge < -0.3 is 5.11 Å². The molecule has 0 unspecified atom stereocenters. The van der Waals surface area contributed by atoms with Gasteiger partial charge in [-0.1, -0.05) is 49.6 Å². The lowest BCUT2D eigenvalue weighted by molar-refractivity contribution is 0.0690. The summed E-state index contributed by atoms with van der Waals surface area (Å²) < 4.78 is 0. The van der Waals surface area contributed by atoms with Crippen LogP contribution in [0.4, 0.5) is 0 Å². The summed E-state index contributed by atoms with van der Waals surface area (Å²) in [5.41, 5.74) is 3.54. The second-order valence-electron chi connectivity index (χ2n) is 5.69. The van der Waals surface area contributed by atoms with E-state index < -0.39 is 5.97 Å². The number of aromatic nitrogens is 1. The SMILES string of the molecule is O=C(O)c1ccc(-c2ccc(C3CCCCC3)cc2)cn1. The molecule has 1 heterocycles. The number of carbonyl (C=O) groups is 1. The molecule has 108 valence electrons. The third kappa shape index (κ3) is 3.13. The van der Waals surface area contributed by atoms with Gasteiger partial charge in [-0.2, -0.15) is 0 Å². The Labute approximate surface area is 124 Å². The largest absolute Gasteiger partial charge is 0.477 e. The molecule has 0 atom stereocenters. The van der Waals surface area contributed by atoms with Gasteiger partial charge in [0.05, 0.1) is 0 Å². The molecule has 1 aromatic heterocycles. The molecular weight excluding hydrogens is 262 g/mol. The molecule has 0 aliphatic heterocycles. The Balaban J connectivity index is 1.78. The summed E-state index contributed by atoms with van der Waals surface area (Å²) in [6.07, 6.45) is 8.28. The van der Waals surface area contributed by atoms with Crippen LogP contribution < -0.4 is 0 Å². The van der Waals surface area contributed by atoms with Crippen LogP contribution in [0.2, 0.25) is 0 Å². The number of benzene rings is 1. The molecule has 3 heteroatoms. The number of pyridine rings is 1. The first-order chi connectivity index (χ1) is 10.2. The maximum Gasteiger partial charge on any atom is 0.354 e. The van der Waals surface area contributed by atoms with E-state index in [1.54, 1.807) is 12.3 Å². The van der Waals surface area contributed by atoms with Crippen molar-refractivity contribution >= 4 is 5.97 Å². The van der Waals surface area contributed by atoms with E-state index in [0.29, 0.717) is 5.92 Å². The topological polar surface area (TPSA) is 50.2 Å². The number of aromatic carboxylic acids is 1. The van der Waals surface area contributed by atoms with Gasteiger partial charge in [-0.3, -0.25) is 0 Å². The predicted octanol–water partition coefficient (Wildman–Crippen LogP) is 4.49. The highest BCUT2D eigenvalue weighted by Gasteiger charge is 2.15. The number of hydrogen-bond acceptors (Lipinski definition) is 2. The minimum atomic E-state index is -0.991. The van der Waals surface area contributed by atoms with E-state index in [0.717, 1.165) is 11.1 Å². The summed E-state index contributed by atoms with van der Waals surface area (Å²) in [7, 11) is 0. The fraction of sp³-hybridized carbons (Fsp3) is 0.333. The first-order valence-corrected chi connectivity index (χ1v) is 7.54. The molecule has 1 fully saturated rings. The van der Waals surface area contributed by atoms with Gasteiger partial charge in [0.25, 0.3) is 0 Å². The van der Waals surface area contributed by atoms with Gasteiger partial charge >= 0.3 is 5.97 Å². The number of rotatable bonds is 3. The highest BCUT2D eigenvalue weighted by Crippen LogP contribution is 2.33. The molecule has 0 bridgehead atoms. The number of nitrogens with zero attached hydrogens (tertiary/aromatic N) is 1. The molecule has 0 radical (unpaired) electrons. The smallest absolute Gasteiger partial charge is 0.354 e. The van der Waals surface area contributed by atoms with Crippen molar-refractivity contribution in [1.82, 2.24) is 4.98 Å². The summed E-state index contributed by atoms with van der Waals surface area (Å²) in [5, 5.41) is 8.86. The van der Waals surface area contributed by atoms with Crippen LogP contribution in [0.15, 0.2) is 42.6 Å². The minimum Gasteiger partial charge on any atom is -0.477 e. The van der Waals surface area contributed by atoms with Crippen LogP contribution in [0.1, 0.15) is 54.1 Å². The van der Waals surface area contributed by atoms with Crippen molar-refractivity contribution in [1.29, 1.82) is 0 Å². The first kappa shape index (κ1) is 13.8. The van der Waals surface area contributed by atoms with Crippen LogP contribution in [-0.4, -0.2) is 16.1 Å². The molecule has 1 aromatic carbocycles. The molecule has 1 aliphatic rings. The molecule has 0 amide bonds. The maximum absolute atomic E-state index is 10.8. The molecule has 1 N–H and O–H groups in total. The van der Waals surface area contributed by atoms with Crippen molar-refractivity contribution in [3.63, 3.8) is 0 Å². The summed E-state index contributed by atoms with van der Waals surface area (Å²) in [6, 6.07) is 12.0. The van der Waals surface area contributed by atoms with E-state index in [1.807, 2.05) is 6.07 Å². The second kappa shape index (κ2) is 6.08. The van der Waals surface area contributed by atoms with E-state index in [9.17, 15) is 4.79 Å². The lowest BCUT2D eigenvalue weighted by Gasteiger charge is -2.22. The Morgan fingerprint density at radius 3 is 2.19 bits per heavy atom. The highest BCUT2D eigenvalue weighted by molar-refractivity contribution is 5.85. The van der Waals surface area contributed by atoms with Gasteiger partial charge in [0.1, 0.15) is 5.69 Å². The van der Waals surface area contributed by atoms with E-state index in [4.69, 9.17) is 5.11 Å². The molecule has 3 nitrogen and oxygen atoms in total.